The molecule has 18 heavy (non-hydrogen) atoms. The van der Waals surface area contributed by atoms with E-state index in [0.717, 1.165) is 10.0 Å². The van der Waals surface area contributed by atoms with Crippen molar-refractivity contribution in [2.75, 3.05) is 0 Å². The summed E-state index contributed by atoms with van der Waals surface area (Å²) in [4.78, 5) is 15.1. The average molecular weight is 324 g/mol. The molecular formula is C13H8BrClN2O. The maximum atomic E-state index is 11.7. The summed E-state index contributed by atoms with van der Waals surface area (Å²) in [7, 11) is 0. The largest absolute Gasteiger partial charge is 0.311 e. The Morgan fingerprint density at radius 1 is 1.33 bits per heavy atom. The second kappa shape index (κ2) is 5.38. The molecule has 0 aliphatic carbocycles. The topological polar surface area (TPSA) is 26.4 Å². The van der Waals surface area contributed by atoms with Gasteiger partial charge in [0.1, 0.15) is 0 Å². The van der Waals surface area contributed by atoms with E-state index in [1.165, 1.54) is 6.07 Å². The molecule has 1 aromatic heterocycles. The summed E-state index contributed by atoms with van der Waals surface area (Å²) in [6.07, 6.45) is 1.70. The van der Waals surface area contributed by atoms with Gasteiger partial charge in [0.25, 0.3) is 5.56 Å². The van der Waals surface area contributed by atoms with Crippen molar-refractivity contribution in [2.24, 2.45) is 0 Å². The first-order valence-electron chi connectivity index (χ1n) is 5.11. The van der Waals surface area contributed by atoms with Gasteiger partial charge in [-0.1, -0.05) is 33.6 Å². The number of hydrogen-bond donors (Lipinski definition) is 0. The van der Waals surface area contributed by atoms with Gasteiger partial charge in [0.05, 0.1) is 6.57 Å². The molecule has 0 aliphatic heterocycles. The first-order chi connectivity index (χ1) is 8.58. The molecule has 0 spiro atoms. The predicted octanol–water partition coefficient (Wildman–Crippen LogP) is 3.86. The Morgan fingerprint density at radius 3 is 2.78 bits per heavy atom. The molecular weight excluding hydrogens is 316 g/mol. The van der Waals surface area contributed by atoms with Crippen LogP contribution in [0.25, 0.3) is 4.85 Å². The number of halogens is 2. The maximum absolute atomic E-state index is 11.7. The molecule has 0 amide bonds. The van der Waals surface area contributed by atoms with Crippen molar-refractivity contribution in [1.29, 1.82) is 0 Å². The van der Waals surface area contributed by atoms with E-state index in [-0.39, 0.29) is 5.56 Å². The Kier molecular flexibility index (Phi) is 3.85. The van der Waals surface area contributed by atoms with Crippen LogP contribution < -0.4 is 5.56 Å². The number of aromatic nitrogens is 1. The highest BCUT2D eigenvalue weighted by molar-refractivity contribution is 9.10. The van der Waals surface area contributed by atoms with Crippen molar-refractivity contribution in [3.05, 3.63) is 73.4 Å². The lowest BCUT2D eigenvalue weighted by atomic mass is 10.2. The fraction of sp³-hybridized carbons (Fsp3) is 0.0769. The molecule has 3 nitrogen and oxygen atoms in total. The predicted molar refractivity (Wildman–Crippen MR) is 75.2 cm³/mol. The molecule has 5 heteroatoms. The standard InChI is InChI=1S/C13H8BrClN2O/c1-16-12-5-9(4-11(15)7-12)8-17-3-2-10(14)6-13(17)18/h2-7H,8H2. The van der Waals surface area contributed by atoms with Crippen molar-refractivity contribution in [3.8, 4) is 0 Å². The molecule has 0 saturated carbocycles. The third-order valence-corrected chi connectivity index (χ3v) is 3.09. The highest BCUT2D eigenvalue weighted by Crippen LogP contribution is 2.21. The second-order valence-electron chi connectivity index (χ2n) is 3.74. The lowest BCUT2D eigenvalue weighted by Gasteiger charge is -2.07. The maximum Gasteiger partial charge on any atom is 0.251 e. The Hall–Kier alpha value is -1.57. The van der Waals surface area contributed by atoms with Crippen LogP contribution in [0.3, 0.4) is 0 Å². The zero-order valence-electron chi connectivity index (χ0n) is 9.23. The highest BCUT2D eigenvalue weighted by atomic mass is 79.9. The minimum atomic E-state index is -0.103. The van der Waals surface area contributed by atoms with Crippen LogP contribution in [-0.4, -0.2) is 4.57 Å². The van der Waals surface area contributed by atoms with Gasteiger partial charge in [-0.15, -0.1) is 0 Å². The van der Waals surface area contributed by atoms with E-state index < -0.39 is 0 Å². The smallest absolute Gasteiger partial charge is 0.251 e. The molecule has 0 aliphatic rings. The quantitative estimate of drug-likeness (QED) is 0.771. The summed E-state index contributed by atoms with van der Waals surface area (Å²) < 4.78 is 2.31. The summed E-state index contributed by atoms with van der Waals surface area (Å²) in [5.41, 5.74) is 1.20. The van der Waals surface area contributed by atoms with Crippen LogP contribution in [0.4, 0.5) is 5.69 Å². The lowest BCUT2D eigenvalue weighted by molar-refractivity contribution is 0.758. The van der Waals surface area contributed by atoms with E-state index in [4.69, 9.17) is 18.2 Å². The van der Waals surface area contributed by atoms with Gasteiger partial charge in [0.2, 0.25) is 0 Å². The molecule has 0 atom stereocenters. The van der Waals surface area contributed by atoms with E-state index in [2.05, 4.69) is 20.8 Å². The number of hydrogen-bond acceptors (Lipinski definition) is 1. The Balaban J connectivity index is 2.37. The van der Waals surface area contributed by atoms with Gasteiger partial charge in [0.15, 0.2) is 5.69 Å². The fourth-order valence-electron chi connectivity index (χ4n) is 1.60. The summed E-state index contributed by atoms with van der Waals surface area (Å²) >= 11 is 9.16. The van der Waals surface area contributed by atoms with E-state index in [1.807, 2.05) is 0 Å². The van der Waals surface area contributed by atoms with Crippen molar-refractivity contribution >= 4 is 33.2 Å². The number of benzene rings is 1. The average Bonchev–Trinajstić information content (AvgIpc) is 2.32. The van der Waals surface area contributed by atoms with Crippen LogP contribution in [0.15, 0.2) is 45.8 Å². The van der Waals surface area contributed by atoms with E-state index in [1.54, 1.807) is 35.0 Å². The van der Waals surface area contributed by atoms with Crippen molar-refractivity contribution in [3.63, 3.8) is 0 Å². The van der Waals surface area contributed by atoms with Crippen LogP contribution in [0.5, 0.6) is 0 Å². The van der Waals surface area contributed by atoms with Gasteiger partial charge in [-0.05, 0) is 23.8 Å². The normalized spacial score (nSPS) is 10.1. The van der Waals surface area contributed by atoms with Gasteiger partial charge >= 0.3 is 0 Å². The van der Waals surface area contributed by atoms with Crippen LogP contribution >= 0.6 is 27.5 Å². The molecule has 0 unspecified atom stereocenters. The zero-order valence-corrected chi connectivity index (χ0v) is 11.6. The van der Waals surface area contributed by atoms with Gasteiger partial charge in [-0.3, -0.25) is 4.79 Å². The van der Waals surface area contributed by atoms with Crippen LogP contribution in [0.2, 0.25) is 5.02 Å². The van der Waals surface area contributed by atoms with E-state index in [0.29, 0.717) is 17.3 Å². The molecule has 2 aromatic rings. The number of pyridine rings is 1. The van der Waals surface area contributed by atoms with Gasteiger partial charge in [-0.2, -0.15) is 0 Å². The molecule has 0 fully saturated rings. The molecule has 1 heterocycles. The van der Waals surface area contributed by atoms with Crippen LogP contribution in [-0.2, 0) is 6.54 Å². The Bertz CT molecular complexity index is 688. The fourth-order valence-corrected chi connectivity index (χ4v) is 2.17. The second-order valence-corrected chi connectivity index (χ2v) is 5.09. The highest BCUT2D eigenvalue weighted by Gasteiger charge is 2.02. The van der Waals surface area contributed by atoms with Crippen LogP contribution in [0, 0.1) is 6.57 Å². The number of rotatable bonds is 2. The van der Waals surface area contributed by atoms with E-state index >= 15 is 0 Å². The summed E-state index contributed by atoms with van der Waals surface area (Å²) in [6, 6.07) is 8.38. The Labute approximate surface area is 118 Å². The number of nitrogens with zero attached hydrogens (tertiary/aromatic N) is 2. The zero-order chi connectivity index (χ0) is 13.1. The molecule has 0 radical (unpaired) electrons. The van der Waals surface area contributed by atoms with Crippen molar-refractivity contribution < 1.29 is 0 Å². The lowest BCUT2D eigenvalue weighted by Crippen LogP contribution is -2.18. The van der Waals surface area contributed by atoms with Crippen LogP contribution in [0.1, 0.15) is 5.56 Å². The molecule has 1 aromatic carbocycles. The molecule has 0 saturated heterocycles. The molecule has 90 valence electrons. The Morgan fingerprint density at radius 2 is 2.11 bits per heavy atom. The molecule has 0 bridgehead atoms. The molecule has 0 N–H and O–H groups in total. The van der Waals surface area contributed by atoms with Gasteiger partial charge in [-0.25, -0.2) is 4.85 Å². The third-order valence-electron chi connectivity index (χ3n) is 2.38. The van der Waals surface area contributed by atoms with Crippen molar-refractivity contribution in [1.82, 2.24) is 4.57 Å². The summed E-state index contributed by atoms with van der Waals surface area (Å²) in [6.45, 7) is 7.38. The summed E-state index contributed by atoms with van der Waals surface area (Å²) in [5.74, 6) is 0. The van der Waals surface area contributed by atoms with Gasteiger partial charge < -0.3 is 4.57 Å². The first kappa shape index (κ1) is 12.9. The first-order valence-corrected chi connectivity index (χ1v) is 6.28. The van der Waals surface area contributed by atoms with Gasteiger partial charge in [0, 0.05) is 28.3 Å². The monoisotopic (exact) mass is 322 g/mol. The van der Waals surface area contributed by atoms with Crippen molar-refractivity contribution in [2.45, 2.75) is 6.54 Å². The minimum absolute atomic E-state index is 0.103. The third kappa shape index (κ3) is 3.00. The van der Waals surface area contributed by atoms with E-state index in [9.17, 15) is 4.79 Å². The molecule has 2 rings (SSSR count). The summed E-state index contributed by atoms with van der Waals surface area (Å²) in [5, 5.41) is 0.503. The minimum Gasteiger partial charge on any atom is -0.311 e. The SMILES string of the molecule is [C-]#[N+]c1cc(Cl)cc(Cn2ccc(Br)cc2=O)c1.